The maximum Gasteiger partial charge on any atom is 0.258 e. The lowest BCUT2D eigenvalue weighted by molar-refractivity contribution is 0.0977. The van der Waals surface area contributed by atoms with E-state index in [2.05, 4.69) is 0 Å². The van der Waals surface area contributed by atoms with Crippen molar-refractivity contribution in [2.45, 2.75) is 13.0 Å². The van der Waals surface area contributed by atoms with Gasteiger partial charge < -0.3 is 14.7 Å². The number of methoxy groups -OCH3 is 1. The van der Waals surface area contributed by atoms with Crippen molar-refractivity contribution in [2.24, 2.45) is 0 Å². The maximum absolute atomic E-state index is 13.9. The first-order valence-electron chi connectivity index (χ1n) is 8.60. The molecule has 0 unspecified atom stereocenters. The number of nitrogens with zero attached hydrogens (tertiary/aromatic N) is 1. The number of hydrogen-bond acceptors (Lipinski definition) is 3. The Bertz CT molecular complexity index is 1050. The molecule has 27 heavy (non-hydrogen) atoms. The minimum absolute atomic E-state index is 0.0337. The van der Waals surface area contributed by atoms with Crippen LogP contribution in [0.25, 0.3) is 11.1 Å². The van der Waals surface area contributed by atoms with Crippen molar-refractivity contribution in [3.63, 3.8) is 0 Å². The first kappa shape index (κ1) is 17.1. The third-order valence-corrected chi connectivity index (χ3v) is 4.95. The fourth-order valence-electron chi connectivity index (χ4n) is 3.62. The molecule has 1 atom stereocenters. The van der Waals surface area contributed by atoms with Gasteiger partial charge in [-0.05, 0) is 54.4 Å². The number of ether oxygens (including phenoxy) is 1. The molecule has 136 valence electrons. The molecule has 0 saturated carbocycles. The molecule has 0 radical (unpaired) electrons. The Morgan fingerprint density at radius 1 is 1.07 bits per heavy atom. The highest BCUT2D eigenvalue weighted by Gasteiger charge is 2.33. The summed E-state index contributed by atoms with van der Waals surface area (Å²) in [6.07, 6.45) is 0. The van der Waals surface area contributed by atoms with Gasteiger partial charge in [-0.1, -0.05) is 24.3 Å². The molecule has 5 heteroatoms. The van der Waals surface area contributed by atoms with Gasteiger partial charge in [-0.25, -0.2) is 4.39 Å². The van der Waals surface area contributed by atoms with E-state index >= 15 is 0 Å². The number of hydrogen-bond donors (Lipinski definition) is 1. The van der Waals surface area contributed by atoms with Gasteiger partial charge in [0.15, 0.2) is 11.5 Å². The Morgan fingerprint density at radius 2 is 1.85 bits per heavy atom. The summed E-state index contributed by atoms with van der Waals surface area (Å²) < 4.78 is 19.0. The third kappa shape index (κ3) is 2.72. The van der Waals surface area contributed by atoms with Gasteiger partial charge in [0.05, 0.1) is 18.8 Å². The normalized spacial score (nSPS) is 15.1. The van der Waals surface area contributed by atoms with Crippen LogP contribution < -0.4 is 9.64 Å². The molecule has 0 aliphatic carbocycles. The van der Waals surface area contributed by atoms with Gasteiger partial charge in [-0.2, -0.15) is 0 Å². The topological polar surface area (TPSA) is 49.8 Å². The van der Waals surface area contributed by atoms with Crippen molar-refractivity contribution in [3.05, 3.63) is 77.6 Å². The second kappa shape index (κ2) is 6.43. The Balaban J connectivity index is 1.87. The summed E-state index contributed by atoms with van der Waals surface area (Å²) in [4.78, 5) is 15.0. The van der Waals surface area contributed by atoms with Crippen LogP contribution in [0, 0.1) is 5.82 Å². The molecule has 1 amide bonds. The van der Waals surface area contributed by atoms with E-state index in [0.29, 0.717) is 5.56 Å². The van der Waals surface area contributed by atoms with Crippen LogP contribution in [-0.4, -0.2) is 18.1 Å². The second-order valence-electron chi connectivity index (χ2n) is 6.49. The van der Waals surface area contributed by atoms with Crippen LogP contribution in [0.3, 0.4) is 0 Å². The lowest BCUT2D eigenvalue weighted by Crippen LogP contribution is -2.36. The predicted molar refractivity (Wildman–Crippen MR) is 102 cm³/mol. The molecule has 3 aromatic rings. The SMILES string of the molecule is COc1cc(C(=O)N2c3ccccc3-c3ccc(F)cc3[C@H]2C)ccc1O. The number of anilines is 1. The smallest absolute Gasteiger partial charge is 0.258 e. The lowest BCUT2D eigenvalue weighted by Gasteiger charge is -2.37. The largest absolute Gasteiger partial charge is 0.504 e. The van der Waals surface area contributed by atoms with E-state index in [0.717, 1.165) is 22.4 Å². The highest BCUT2D eigenvalue weighted by Crippen LogP contribution is 2.45. The van der Waals surface area contributed by atoms with Crippen LogP contribution in [0.2, 0.25) is 0 Å². The Hall–Kier alpha value is -3.34. The Morgan fingerprint density at radius 3 is 2.63 bits per heavy atom. The number of amides is 1. The number of aromatic hydroxyl groups is 1. The van der Waals surface area contributed by atoms with Crippen LogP contribution in [0.4, 0.5) is 10.1 Å². The number of benzene rings is 3. The summed E-state index contributed by atoms with van der Waals surface area (Å²) in [6.45, 7) is 1.88. The summed E-state index contributed by atoms with van der Waals surface area (Å²) in [5.41, 5.74) is 3.71. The zero-order valence-electron chi connectivity index (χ0n) is 14.9. The van der Waals surface area contributed by atoms with Crippen LogP contribution in [0.5, 0.6) is 11.5 Å². The Kier molecular flexibility index (Phi) is 4.07. The number of carbonyl (C=O) groups is 1. The van der Waals surface area contributed by atoms with Crippen LogP contribution in [0.1, 0.15) is 28.9 Å². The van der Waals surface area contributed by atoms with Gasteiger partial charge in [-0.15, -0.1) is 0 Å². The molecule has 0 fully saturated rings. The molecule has 0 saturated heterocycles. The Labute approximate surface area is 156 Å². The highest BCUT2D eigenvalue weighted by atomic mass is 19.1. The maximum atomic E-state index is 13.9. The summed E-state index contributed by atoms with van der Waals surface area (Å²) in [5, 5.41) is 9.81. The van der Waals surface area contributed by atoms with Crippen molar-refractivity contribution in [2.75, 3.05) is 12.0 Å². The van der Waals surface area contributed by atoms with Gasteiger partial charge in [0, 0.05) is 11.1 Å². The molecule has 0 bridgehead atoms. The number of carbonyl (C=O) groups excluding carboxylic acids is 1. The van der Waals surface area contributed by atoms with Crippen LogP contribution in [0.15, 0.2) is 60.7 Å². The molecule has 1 heterocycles. The van der Waals surface area contributed by atoms with E-state index in [1.54, 1.807) is 17.0 Å². The molecule has 4 nitrogen and oxygen atoms in total. The van der Waals surface area contributed by atoms with Gasteiger partial charge >= 0.3 is 0 Å². The average molecular weight is 363 g/mol. The highest BCUT2D eigenvalue weighted by molar-refractivity contribution is 6.10. The van der Waals surface area contributed by atoms with Crippen LogP contribution >= 0.6 is 0 Å². The first-order valence-corrected chi connectivity index (χ1v) is 8.60. The van der Waals surface area contributed by atoms with Crippen LogP contribution in [-0.2, 0) is 0 Å². The van der Waals surface area contributed by atoms with Crippen molar-refractivity contribution in [1.82, 2.24) is 0 Å². The number of phenols is 1. The fraction of sp³-hybridized carbons (Fsp3) is 0.136. The summed E-state index contributed by atoms with van der Waals surface area (Å²) in [5.74, 6) is -0.388. The first-order chi connectivity index (χ1) is 13.0. The molecule has 0 aromatic heterocycles. The number of fused-ring (bicyclic) bond motifs is 3. The molecule has 1 aliphatic heterocycles. The van der Waals surface area contributed by atoms with Gasteiger partial charge in [0.2, 0.25) is 0 Å². The van der Waals surface area contributed by atoms with E-state index in [1.165, 1.54) is 31.4 Å². The number of phenolic OH excluding ortho intramolecular Hbond substituents is 1. The minimum Gasteiger partial charge on any atom is -0.504 e. The number of halogens is 1. The van der Waals surface area contributed by atoms with E-state index in [1.807, 2.05) is 31.2 Å². The van der Waals surface area contributed by atoms with Crippen molar-refractivity contribution in [3.8, 4) is 22.6 Å². The minimum atomic E-state index is -0.349. The number of para-hydroxylation sites is 1. The van der Waals surface area contributed by atoms with Gasteiger partial charge in [-0.3, -0.25) is 4.79 Å². The molecule has 1 N–H and O–H groups in total. The van der Waals surface area contributed by atoms with E-state index in [9.17, 15) is 14.3 Å². The molecule has 3 aromatic carbocycles. The predicted octanol–water partition coefficient (Wildman–Crippen LogP) is 4.93. The van der Waals surface area contributed by atoms with E-state index < -0.39 is 0 Å². The van der Waals surface area contributed by atoms with Gasteiger partial charge in [0.1, 0.15) is 5.82 Å². The van der Waals surface area contributed by atoms with Gasteiger partial charge in [0.25, 0.3) is 5.91 Å². The molecule has 1 aliphatic rings. The second-order valence-corrected chi connectivity index (χ2v) is 6.49. The van der Waals surface area contributed by atoms with E-state index in [4.69, 9.17) is 4.74 Å². The zero-order valence-corrected chi connectivity index (χ0v) is 14.9. The molecular formula is C22H18FNO3. The third-order valence-electron chi connectivity index (χ3n) is 4.95. The lowest BCUT2D eigenvalue weighted by atomic mass is 9.88. The van der Waals surface area contributed by atoms with Crippen molar-refractivity contribution in [1.29, 1.82) is 0 Å². The summed E-state index contributed by atoms with van der Waals surface area (Å²) in [7, 11) is 1.43. The van der Waals surface area contributed by atoms with E-state index in [-0.39, 0.29) is 29.3 Å². The molecule has 4 rings (SSSR count). The monoisotopic (exact) mass is 363 g/mol. The van der Waals surface area contributed by atoms with Crippen molar-refractivity contribution < 1.29 is 19.0 Å². The molecular weight excluding hydrogens is 345 g/mol. The van der Waals surface area contributed by atoms with Crippen molar-refractivity contribution >= 4 is 11.6 Å². The quantitative estimate of drug-likeness (QED) is 0.702. The number of rotatable bonds is 2. The summed E-state index contributed by atoms with van der Waals surface area (Å²) in [6, 6.07) is 16.4. The molecule has 0 spiro atoms. The zero-order chi connectivity index (χ0) is 19.1. The average Bonchev–Trinajstić information content (AvgIpc) is 2.68. The standard InChI is InChI=1S/C22H18FNO3/c1-13-18-12-15(23)8-9-16(18)17-5-3-4-6-19(17)24(13)22(26)14-7-10-20(25)21(11-14)27-2/h3-13,25H,1-2H3/t13-/m1/s1. The fourth-order valence-corrected chi connectivity index (χ4v) is 3.62. The summed E-state index contributed by atoms with van der Waals surface area (Å²) >= 11 is 0.